The summed E-state index contributed by atoms with van der Waals surface area (Å²) < 4.78 is 52.1. The SMILES string of the molecule is COc1cc2c(cc1N1CCN(CCCCOc3ccc(C4CCN(c5ccc(C#N)c(C(F)(F)F)c5)CC4)cc3)CC1)CN(C1CCC(=O)NC1=O)C2=O. The van der Waals surface area contributed by atoms with Crippen LogP contribution in [-0.4, -0.2) is 93.1 Å². The molecule has 0 aliphatic carbocycles. The number of nitriles is 1. The summed E-state index contributed by atoms with van der Waals surface area (Å²) in [5.74, 6) is 0.817. The molecule has 55 heavy (non-hydrogen) atoms. The number of methoxy groups -OCH3 is 1. The molecule has 7 rings (SSSR count). The lowest BCUT2D eigenvalue weighted by Gasteiger charge is -2.36. The van der Waals surface area contributed by atoms with Gasteiger partial charge in [-0.3, -0.25) is 24.6 Å². The number of amides is 3. The highest BCUT2D eigenvalue weighted by Crippen LogP contribution is 2.39. The molecule has 3 saturated heterocycles. The number of alkyl halides is 3. The summed E-state index contributed by atoms with van der Waals surface area (Å²) >= 11 is 0. The second-order valence-corrected chi connectivity index (χ2v) is 14.6. The summed E-state index contributed by atoms with van der Waals surface area (Å²) in [6.07, 6.45) is -0.465. The molecule has 11 nitrogen and oxygen atoms in total. The molecule has 1 N–H and O–H groups in total. The topological polar surface area (TPSA) is 118 Å². The zero-order valence-corrected chi connectivity index (χ0v) is 30.9. The van der Waals surface area contributed by atoms with Crippen LogP contribution in [0.15, 0.2) is 54.6 Å². The highest BCUT2D eigenvalue weighted by atomic mass is 19.4. The number of ether oxygens (including phenoxy) is 2. The fourth-order valence-electron chi connectivity index (χ4n) is 8.20. The third kappa shape index (κ3) is 8.37. The Morgan fingerprint density at radius 1 is 0.891 bits per heavy atom. The molecule has 4 aliphatic heterocycles. The molecule has 0 saturated carbocycles. The molecule has 14 heteroatoms. The van der Waals surface area contributed by atoms with Gasteiger partial charge in [0.05, 0.1) is 36.6 Å². The number of benzene rings is 3. The molecule has 290 valence electrons. The van der Waals surface area contributed by atoms with Crippen molar-refractivity contribution in [2.24, 2.45) is 0 Å². The lowest BCUT2D eigenvalue weighted by molar-refractivity contribution is -0.138. The fourth-order valence-corrected chi connectivity index (χ4v) is 8.20. The molecule has 1 atom stereocenters. The van der Waals surface area contributed by atoms with Crippen LogP contribution >= 0.6 is 0 Å². The number of carbonyl (C=O) groups excluding carboxylic acids is 3. The molecule has 3 aromatic carbocycles. The zero-order valence-electron chi connectivity index (χ0n) is 30.9. The van der Waals surface area contributed by atoms with Crippen molar-refractivity contribution >= 4 is 29.1 Å². The highest BCUT2D eigenvalue weighted by Gasteiger charge is 2.40. The number of fused-ring (bicyclic) bond motifs is 1. The van der Waals surface area contributed by atoms with Gasteiger partial charge in [-0.05, 0) is 98.2 Å². The number of unbranched alkanes of at least 4 members (excludes halogenated alkanes) is 1. The Hall–Kier alpha value is -5.29. The predicted octanol–water partition coefficient (Wildman–Crippen LogP) is 5.71. The van der Waals surface area contributed by atoms with Crippen molar-refractivity contribution in [3.8, 4) is 17.6 Å². The highest BCUT2D eigenvalue weighted by molar-refractivity contribution is 6.05. The van der Waals surface area contributed by atoms with E-state index in [1.54, 1.807) is 30.2 Å². The molecule has 0 bridgehead atoms. The van der Waals surface area contributed by atoms with E-state index in [0.717, 1.165) is 81.5 Å². The molecule has 0 aromatic heterocycles. The number of carbonyl (C=O) groups is 3. The Morgan fingerprint density at radius 3 is 2.31 bits per heavy atom. The van der Waals surface area contributed by atoms with Crippen LogP contribution in [-0.2, 0) is 22.3 Å². The normalized spacial score (nSPS) is 19.7. The standard InChI is InChI=1S/C41H45F3N6O5/c1-54-37-24-33-30(26-50(40(33)53)35-10-11-38(51)46-39(35)52)22-36(37)49-19-17-47(18-20-49)14-2-3-21-55-32-8-5-27(6-9-32)28-12-15-48(16-13-28)31-7-4-29(25-45)34(23-31)41(42,43)44/h4-9,22-24,28,35H,2-3,10-21,26H2,1H3,(H,46,51,52). The third-order valence-electron chi connectivity index (χ3n) is 11.3. The van der Waals surface area contributed by atoms with Gasteiger partial charge in [-0.1, -0.05) is 12.1 Å². The molecule has 0 radical (unpaired) electrons. The second-order valence-electron chi connectivity index (χ2n) is 14.6. The number of hydrogen-bond donors (Lipinski definition) is 1. The Morgan fingerprint density at radius 2 is 1.64 bits per heavy atom. The summed E-state index contributed by atoms with van der Waals surface area (Å²) in [5.41, 5.74) is 2.78. The van der Waals surface area contributed by atoms with Crippen LogP contribution in [0.4, 0.5) is 24.5 Å². The first-order chi connectivity index (χ1) is 26.5. The number of rotatable bonds is 11. The van der Waals surface area contributed by atoms with Crippen molar-refractivity contribution in [1.29, 1.82) is 5.26 Å². The number of anilines is 2. The maximum Gasteiger partial charge on any atom is 0.417 e. The van der Waals surface area contributed by atoms with Crippen LogP contribution in [0, 0.1) is 11.3 Å². The van der Waals surface area contributed by atoms with Crippen molar-refractivity contribution < 1.29 is 37.0 Å². The summed E-state index contributed by atoms with van der Waals surface area (Å²) in [5, 5.41) is 11.5. The monoisotopic (exact) mass is 758 g/mol. The van der Waals surface area contributed by atoms with Gasteiger partial charge in [0, 0.05) is 63.5 Å². The first-order valence-electron chi connectivity index (χ1n) is 18.9. The number of nitrogens with zero attached hydrogens (tertiary/aromatic N) is 5. The zero-order chi connectivity index (χ0) is 38.7. The van der Waals surface area contributed by atoms with Crippen LogP contribution < -0.4 is 24.6 Å². The number of piperazine rings is 1. The largest absolute Gasteiger partial charge is 0.495 e. The van der Waals surface area contributed by atoms with Gasteiger partial charge >= 0.3 is 6.18 Å². The molecular weight excluding hydrogens is 713 g/mol. The van der Waals surface area contributed by atoms with Crippen molar-refractivity contribution in [1.82, 2.24) is 15.1 Å². The van der Waals surface area contributed by atoms with Crippen LogP contribution in [0.25, 0.3) is 0 Å². The maximum absolute atomic E-state index is 13.5. The van der Waals surface area contributed by atoms with Crippen LogP contribution in [0.3, 0.4) is 0 Å². The van der Waals surface area contributed by atoms with Gasteiger partial charge in [-0.15, -0.1) is 0 Å². The van der Waals surface area contributed by atoms with Gasteiger partial charge in [-0.2, -0.15) is 18.4 Å². The van der Waals surface area contributed by atoms with Crippen LogP contribution in [0.5, 0.6) is 11.5 Å². The number of piperidine rings is 2. The van der Waals surface area contributed by atoms with E-state index in [1.165, 1.54) is 11.6 Å². The summed E-state index contributed by atoms with van der Waals surface area (Å²) in [6.45, 7) is 6.60. The Balaban J connectivity index is 0.823. The van der Waals surface area contributed by atoms with Crippen molar-refractivity contribution in [2.45, 2.75) is 63.2 Å². The summed E-state index contributed by atoms with van der Waals surface area (Å²) in [7, 11) is 1.60. The minimum atomic E-state index is -4.57. The average molecular weight is 759 g/mol. The van der Waals surface area contributed by atoms with E-state index < -0.39 is 23.7 Å². The van der Waals surface area contributed by atoms with E-state index in [-0.39, 0.29) is 23.8 Å². The second kappa shape index (κ2) is 16.2. The number of imide groups is 1. The molecule has 1 unspecified atom stereocenters. The quantitative estimate of drug-likeness (QED) is 0.194. The van der Waals surface area contributed by atoms with Crippen LogP contribution in [0.1, 0.15) is 77.1 Å². The minimum Gasteiger partial charge on any atom is -0.495 e. The minimum absolute atomic E-state index is 0.216. The Labute approximate surface area is 318 Å². The van der Waals surface area contributed by atoms with E-state index >= 15 is 0 Å². The van der Waals surface area contributed by atoms with E-state index in [2.05, 4.69) is 27.2 Å². The Kier molecular flexibility index (Phi) is 11.2. The van der Waals surface area contributed by atoms with Gasteiger partial charge in [0.2, 0.25) is 11.8 Å². The number of halogens is 3. The Bertz CT molecular complexity index is 1950. The molecule has 4 aliphatic rings. The molecular formula is C41H45F3N6O5. The first kappa shape index (κ1) is 38.0. The predicted molar refractivity (Wildman–Crippen MR) is 199 cm³/mol. The van der Waals surface area contributed by atoms with E-state index in [0.29, 0.717) is 55.6 Å². The van der Waals surface area contributed by atoms with Gasteiger partial charge < -0.3 is 24.2 Å². The molecule has 3 fully saturated rings. The number of nitrogens with one attached hydrogen (secondary N) is 1. The third-order valence-corrected chi connectivity index (χ3v) is 11.3. The lowest BCUT2D eigenvalue weighted by atomic mass is 9.89. The molecule has 0 spiro atoms. The molecule has 3 amide bonds. The summed E-state index contributed by atoms with van der Waals surface area (Å²) in [6, 6.07) is 16.9. The van der Waals surface area contributed by atoms with Gasteiger partial charge in [0.1, 0.15) is 17.5 Å². The van der Waals surface area contributed by atoms with Gasteiger partial charge in [-0.25, -0.2) is 0 Å². The lowest BCUT2D eigenvalue weighted by Crippen LogP contribution is -2.52. The van der Waals surface area contributed by atoms with E-state index in [9.17, 15) is 27.6 Å². The van der Waals surface area contributed by atoms with Crippen molar-refractivity contribution in [2.75, 3.05) is 69.3 Å². The maximum atomic E-state index is 13.5. The average Bonchev–Trinajstić information content (AvgIpc) is 3.51. The van der Waals surface area contributed by atoms with E-state index in [1.807, 2.05) is 23.1 Å². The van der Waals surface area contributed by atoms with Crippen molar-refractivity contribution in [3.63, 3.8) is 0 Å². The fraction of sp³-hybridized carbons (Fsp3) is 0.463. The molecule has 4 heterocycles. The summed E-state index contributed by atoms with van der Waals surface area (Å²) in [4.78, 5) is 45.6. The van der Waals surface area contributed by atoms with Crippen LogP contribution in [0.2, 0.25) is 0 Å². The van der Waals surface area contributed by atoms with Crippen molar-refractivity contribution in [3.05, 3.63) is 82.4 Å². The van der Waals surface area contributed by atoms with Gasteiger partial charge in [0.15, 0.2) is 0 Å². The van der Waals surface area contributed by atoms with E-state index in [4.69, 9.17) is 14.7 Å². The first-order valence-corrected chi connectivity index (χ1v) is 18.9. The van der Waals surface area contributed by atoms with Gasteiger partial charge in [0.25, 0.3) is 5.91 Å². The smallest absolute Gasteiger partial charge is 0.417 e. The number of hydrogen-bond acceptors (Lipinski definition) is 9. The molecule has 3 aromatic rings.